The van der Waals surface area contributed by atoms with Crippen LogP contribution in [-0.2, 0) is 9.53 Å². The topological polar surface area (TPSA) is 26.3 Å². The Morgan fingerprint density at radius 1 is 1.40 bits per heavy atom. The van der Waals surface area contributed by atoms with Crippen molar-refractivity contribution in [3.8, 4) is 0 Å². The Labute approximate surface area is 99.1 Å². The number of halogens is 1. The molecule has 0 rings (SSSR count). The minimum Gasteiger partial charge on any atom is -1.00 e. The van der Waals surface area contributed by atoms with Crippen molar-refractivity contribution in [1.82, 2.24) is 0 Å². The van der Waals surface area contributed by atoms with Crippen LogP contribution in [0.4, 0.5) is 0 Å². The van der Waals surface area contributed by atoms with Crippen molar-refractivity contribution in [3.05, 3.63) is 12.2 Å². The van der Waals surface area contributed by atoms with Crippen LogP contribution in [0.5, 0.6) is 0 Å². The molecule has 0 aliphatic heterocycles. The highest BCUT2D eigenvalue weighted by Crippen LogP contribution is 2.13. The lowest BCUT2D eigenvalue weighted by Crippen LogP contribution is -3.00. The van der Waals surface area contributed by atoms with Gasteiger partial charge in [-0.05, 0) is 13.3 Å². The zero-order valence-corrected chi connectivity index (χ0v) is 11.1. The summed E-state index contributed by atoms with van der Waals surface area (Å²) in [7, 11) is 6.06. The summed E-state index contributed by atoms with van der Waals surface area (Å²) in [6.07, 6.45) is 1.80. The summed E-state index contributed by atoms with van der Waals surface area (Å²) in [6.45, 7) is 7.32. The summed E-state index contributed by atoms with van der Waals surface area (Å²) in [5, 5.41) is 0. The van der Waals surface area contributed by atoms with Gasteiger partial charge in [0, 0.05) is 12.0 Å². The molecule has 0 fully saturated rings. The SMILES string of the molecule is C=C(C)C(=O)OC(CCC)[N+](C)(C)C.[Cl-]. The van der Waals surface area contributed by atoms with E-state index in [0.717, 1.165) is 12.8 Å². The second kappa shape index (κ2) is 6.85. The molecular weight excluding hydrogens is 214 g/mol. The molecular formula is C11H22ClNO2. The van der Waals surface area contributed by atoms with Gasteiger partial charge in [-0.15, -0.1) is 0 Å². The molecule has 1 unspecified atom stereocenters. The third-order valence-corrected chi connectivity index (χ3v) is 1.99. The summed E-state index contributed by atoms with van der Waals surface area (Å²) in [6, 6.07) is 0. The van der Waals surface area contributed by atoms with Gasteiger partial charge in [0.1, 0.15) is 0 Å². The van der Waals surface area contributed by atoms with Gasteiger partial charge in [0.05, 0.1) is 21.1 Å². The minimum atomic E-state index is -0.295. The number of ether oxygens (including phenoxy) is 1. The Morgan fingerprint density at radius 3 is 2.13 bits per heavy atom. The van der Waals surface area contributed by atoms with E-state index in [9.17, 15) is 4.79 Å². The molecule has 0 aromatic heterocycles. The molecule has 0 bridgehead atoms. The molecule has 4 heteroatoms. The van der Waals surface area contributed by atoms with Gasteiger partial charge in [-0.1, -0.05) is 13.5 Å². The maximum atomic E-state index is 11.3. The smallest absolute Gasteiger partial charge is 0.337 e. The first kappa shape index (κ1) is 16.9. The fourth-order valence-electron chi connectivity index (χ4n) is 1.08. The van der Waals surface area contributed by atoms with Crippen LogP contribution in [0.15, 0.2) is 12.2 Å². The summed E-state index contributed by atoms with van der Waals surface area (Å²) in [4.78, 5) is 11.3. The number of carbonyl (C=O) groups excluding carboxylic acids is 1. The summed E-state index contributed by atoms with van der Waals surface area (Å²) < 4.78 is 5.98. The van der Waals surface area contributed by atoms with Crippen LogP contribution in [0.3, 0.4) is 0 Å². The fraction of sp³-hybridized carbons (Fsp3) is 0.727. The zero-order valence-electron chi connectivity index (χ0n) is 10.3. The molecule has 0 aliphatic rings. The molecule has 0 amide bonds. The Kier molecular flexibility index (Phi) is 7.71. The van der Waals surface area contributed by atoms with Crippen LogP contribution >= 0.6 is 0 Å². The molecule has 0 aliphatic carbocycles. The van der Waals surface area contributed by atoms with Crippen LogP contribution in [0.25, 0.3) is 0 Å². The van der Waals surface area contributed by atoms with E-state index in [4.69, 9.17) is 4.74 Å². The van der Waals surface area contributed by atoms with E-state index in [1.807, 2.05) is 21.1 Å². The van der Waals surface area contributed by atoms with Crippen LogP contribution in [0.1, 0.15) is 26.7 Å². The Hall–Kier alpha value is -0.540. The number of carbonyl (C=O) groups is 1. The third-order valence-electron chi connectivity index (χ3n) is 1.99. The average molecular weight is 236 g/mol. The Morgan fingerprint density at radius 2 is 1.87 bits per heavy atom. The van der Waals surface area contributed by atoms with Gasteiger partial charge in [0.2, 0.25) is 6.23 Å². The Bertz CT molecular complexity index is 221. The maximum Gasteiger partial charge on any atom is 0.337 e. The monoisotopic (exact) mass is 235 g/mol. The highest BCUT2D eigenvalue weighted by Gasteiger charge is 2.26. The maximum absolute atomic E-state index is 11.3. The number of esters is 1. The third kappa shape index (κ3) is 6.52. The molecule has 0 aromatic carbocycles. The average Bonchev–Trinajstić information content (AvgIpc) is 2.01. The predicted molar refractivity (Wildman–Crippen MR) is 57.6 cm³/mol. The lowest BCUT2D eigenvalue weighted by atomic mass is 10.2. The Balaban J connectivity index is 0. The van der Waals surface area contributed by atoms with Gasteiger partial charge < -0.3 is 17.1 Å². The molecule has 3 nitrogen and oxygen atoms in total. The van der Waals surface area contributed by atoms with Crippen molar-refractivity contribution in [3.63, 3.8) is 0 Å². The van der Waals surface area contributed by atoms with Gasteiger partial charge in [-0.2, -0.15) is 0 Å². The molecule has 1 atom stereocenters. The van der Waals surface area contributed by atoms with E-state index in [-0.39, 0.29) is 24.6 Å². The van der Waals surface area contributed by atoms with Gasteiger partial charge >= 0.3 is 5.97 Å². The van der Waals surface area contributed by atoms with E-state index in [0.29, 0.717) is 10.1 Å². The predicted octanol–water partition coefficient (Wildman–Crippen LogP) is -1.06. The fourth-order valence-corrected chi connectivity index (χ4v) is 1.08. The van der Waals surface area contributed by atoms with Crippen molar-refractivity contribution < 1.29 is 26.4 Å². The van der Waals surface area contributed by atoms with E-state index in [2.05, 4.69) is 13.5 Å². The van der Waals surface area contributed by atoms with Crippen molar-refractivity contribution in [2.45, 2.75) is 32.9 Å². The van der Waals surface area contributed by atoms with Gasteiger partial charge in [0.25, 0.3) is 0 Å². The van der Waals surface area contributed by atoms with E-state index < -0.39 is 0 Å². The van der Waals surface area contributed by atoms with Gasteiger partial charge in [0.15, 0.2) is 0 Å². The van der Waals surface area contributed by atoms with E-state index in [1.165, 1.54) is 0 Å². The first-order valence-corrected chi connectivity index (χ1v) is 4.96. The molecule has 0 saturated heterocycles. The molecule has 90 valence electrons. The summed E-state index contributed by atoms with van der Waals surface area (Å²) in [5.74, 6) is -0.295. The summed E-state index contributed by atoms with van der Waals surface area (Å²) >= 11 is 0. The number of hydrogen-bond acceptors (Lipinski definition) is 2. The molecule has 0 heterocycles. The van der Waals surface area contributed by atoms with Crippen molar-refractivity contribution in [2.75, 3.05) is 21.1 Å². The first-order chi connectivity index (χ1) is 6.29. The molecule has 15 heavy (non-hydrogen) atoms. The van der Waals surface area contributed by atoms with Crippen LogP contribution in [0, 0.1) is 0 Å². The van der Waals surface area contributed by atoms with E-state index >= 15 is 0 Å². The minimum absolute atomic E-state index is 0. The molecule has 0 radical (unpaired) electrons. The van der Waals surface area contributed by atoms with Gasteiger partial charge in [-0.3, -0.25) is 4.48 Å². The number of rotatable bonds is 5. The number of quaternary nitrogens is 1. The highest BCUT2D eigenvalue weighted by atomic mass is 35.5. The van der Waals surface area contributed by atoms with Crippen molar-refractivity contribution in [1.29, 1.82) is 0 Å². The van der Waals surface area contributed by atoms with Crippen LogP contribution in [0.2, 0.25) is 0 Å². The molecule has 0 saturated carbocycles. The van der Waals surface area contributed by atoms with Crippen molar-refractivity contribution in [2.24, 2.45) is 0 Å². The highest BCUT2D eigenvalue weighted by molar-refractivity contribution is 5.86. The standard InChI is InChI=1S/C11H22NO2.ClH/c1-7-8-10(12(4,5)6)14-11(13)9(2)3;/h10H,2,7-8H2,1,3-6H3;1H/q+1;/p-1. The molecule has 0 N–H and O–H groups in total. The molecule has 0 aromatic rings. The quantitative estimate of drug-likeness (QED) is 0.263. The zero-order chi connectivity index (χ0) is 11.4. The second-order valence-electron chi connectivity index (χ2n) is 4.55. The van der Waals surface area contributed by atoms with Gasteiger partial charge in [-0.25, -0.2) is 4.79 Å². The van der Waals surface area contributed by atoms with Crippen molar-refractivity contribution >= 4 is 5.97 Å². The second-order valence-corrected chi connectivity index (χ2v) is 4.55. The lowest BCUT2D eigenvalue weighted by Gasteiger charge is -2.32. The van der Waals surface area contributed by atoms with Crippen LogP contribution < -0.4 is 12.4 Å². The first-order valence-electron chi connectivity index (χ1n) is 4.96. The molecule has 0 spiro atoms. The normalized spacial score (nSPS) is 12.6. The number of hydrogen-bond donors (Lipinski definition) is 0. The largest absolute Gasteiger partial charge is 1.00 e. The summed E-state index contributed by atoms with van der Waals surface area (Å²) in [5.41, 5.74) is 0.458. The lowest BCUT2D eigenvalue weighted by molar-refractivity contribution is -0.917. The van der Waals surface area contributed by atoms with Crippen LogP contribution in [-0.4, -0.2) is 37.8 Å². The number of nitrogens with zero attached hydrogens (tertiary/aromatic N) is 1. The van der Waals surface area contributed by atoms with E-state index in [1.54, 1.807) is 6.92 Å².